The number of rotatable bonds is 11. The largest absolute Gasteiger partial charge is 0.345 e. The van der Waals surface area contributed by atoms with Gasteiger partial charge in [0.2, 0.25) is 17.7 Å². The van der Waals surface area contributed by atoms with Crippen molar-refractivity contribution in [3.8, 4) is 0 Å². The van der Waals surface area contributed by atoms with Crippen molar-refractivity contribution in [2.75, 3.05) is 26.2 Å². The van der Waals surface area contributed by atoms with Gasteiger partial charge >= 0.3 is 6.03 Å². The van der Waals surface area contributed by atoms with Crippen molar-refractivity contribution in [2.24, 2.45) is 5.41 Å². The normalized spacial score (nSPS) is 17.5. The quantitative estimate of drug-likeness (QED) is 0.411. The summed E-state index contributed by atoms with van der Waals surface area (Å²) in [5.74, 6) is -1.02. The van der Waals surface area contributed by atoms with Crippen molar-refractivity contribution in [2.45, 2.75) is 92.3 Å². The molecule has 1 fully saturated rings. The lowest BCUT2D eigenvalue weighted by Gasteiger charge is -2.35. The molecule has 0 aromatic heterocycles. The smallest absolute Gasteiger partial charge is 0.315 e. The Kier molecular flexibility index (Phi) is 11.5. The topological polar surface area (TPSA) is 128 Å². The van der Waals surface area contributed by atoms with Crippen LogP contribution >= 0.6 is 0 Å². The number of carbonyl (C=O) groups excluding carboxylic acids is 5. The average Bonchev–Trinajstić information content (AvgIpc) is 3.25. The van der Waals surface area contributed by atoms with Crippen molar-refractivity contribution in [1.29, 1.82) is 0 Å². The van der Waals surface area contributed by atoms with Crippen LogP contribution in [0.4, 0.5) is 4.79 Å². The molecule has 0 saturated carbocycles. The highest BCUT2D eigenvalue weighted by Gasteiger charge is 2.42. The van der Waals surface area contributed by atoms with Crippen LogP contribution in [-0.2, 0) is 19.2 Å². The Morgan fingerprint density at radius 2 is 1.65 bits per heavy atom. The summed E-state index contributed by atoms with van der Waals surface area (Å²) in [6.45, 7) is 13.9. The Morgan fingerprint density at radius 1 is 1.03 bits per heavy atom. The van der Waals surface area contributed by atoms with Crippen LogP contribution in [0.1, 0.15) is 74.1 Å². The van der Waals surface area contributed by atoms with E-state index in [-0.39, 0.29) is 30.0 Å². The summed E-state index contributed by atoms with van der Waals surface area (Å²) in [6.07, 6.45) is 2.44. The molecule has 5 amide bonds. The molecule has 0 bridgehead atoms. The molecule has 3 unspecified atom stereocenters. The summed E-state index contributed by atoms with van der Waals surface area (Å²) in [4.78, 5) is 66.1. The third-order valence-electron chi connectivity index (χ3n) is 6.13. The maximum Gasteiger partial charge on any atom is 0.315 e. The fourth-order valence-corrected chi connectivity index (χ4v) is 4.08. The van der Waals surface area contributed by atoms with Gasteiger partial charge in [-0.15, -0.1) is 0 Å². The van der Waals surface area contributed by atoms with E-state index in [0.29, 0.717) is 38.9 Å². The number of urea groups is 1. The lowest BCUT2D eigenvalue weighted by Crippen LogP contribution is -2.60. The Hall–Kier alpha value is -2.65. The van der Waals surface area contributed by atoms with Gasteiger partial charge in [-0.25, -0.2) is 4.79 Å². The predicted molar refractivity (Wildman–Crippen MR) is 130 cm³/mol. The first-order valence-electron chi connectivity index (χ1n) is 12.3. The fraction of sp³-hybridized carbons (Fsp3) is 0.792. The molecule has 0 spiro atoms. The molecule has 34 heavy (non-hydrogen) atoms. The highest BCUT2D eigenvalue weighted by molar-refractivity contribution is 5.95. The van der Waals surface area contributed by atoms with E-state index >= 15 is 0 Å². The minimum Gasteiger partial charge on any atom is -0.345 e. The molecule has 3 atom stereocenters. The van der Waals surface area contributed by atoms with E-state index in [4.69, 9.17) is 0 Å². The second kappa shape index (κ2) is 13.3. The third kappa shape index (κ3) is 8.29. The van der Waals surface area contributed by atoms with E-state index < -0.39 is 29.6 Å². The number of likely N-dealkylation sites (N-methyl/N-ethyl adjacent to an activating group) is 1. The average molecular weight is 482 g/mol. The summed E-state index contributed by atoms with van der Waals surface area (Å²) >= 11 is 0. The van der Waals surface area contributed by atoms with Gasteiger partial charge in [-0.2, -0.15) is 0 Å². The van der Waals surface area contributed by atoms with Crippen LogP contribution in [0.25, 0.3) is 0 Å². The van der Waals surface area contributed by atoms with Crippen molar-refractivity contribution in [1.82, 2.24) is 25.8 Å². The number of hydrogen-bond acceptors (Lipinski definition) is 5. The molecule has 194 valence electrons. The second-order valence-electron chi connectivity index (χ2n) is 9.84. The zero-order valence-corrected chi connectivity index (χ0v) is 21.8. The zero-order chi connectivity index (χ0) is 26.1. The molecule has 1 saturated heterocycles. The number of likely N-dealkylation sites (tertiary alicyclic amines) is 1. The minimum absolute atomic E-state index is 0.115. The van der Waals surface area contributed by atoms with Gasteiger partial charge in [0.05, 0.1) is 12.6 Å². The van der Waals surface area contributed by atoms with Crippen molar-refractivity contribution >= 4 is 29.5 Å². The number of hydrogen-bond donors (Lipinski definition) is 3. The first kappa shape index (κ1) is 29.4. The molecule has 10 nitrogen and oxygen atoms in total. The minimum atomic E-state index is -0.899. The van der Waals surface area contributed by atoms with Crippen LogP contribution in [0.15, 0.2) is 0 Å². The standard InChI is InChI=1S/C24H43N5O5/c1-8-12-17(16(4)30)26-21(32)18-13-11-14-29(18)22(33)20(24(5,6)7)27-23(34)25-15-19(31)28(9-2)10-3/h17-18,20H,8-15H2,1-7H3,(H,26,32)(H2,25,27,34). The monoisotopic (exact) mass is 481 g/mol. The summed E-state index contributed by atoms with van der Waals surface area (Å²) in [7, 11) is 0. The molecule has 1 aliphatic rings. The molecule has 3 N–H and O–H groups in total. The van der Waals surface area contributed by atoms with Crippen molar-refractivity contribution in [3.05, 3.63) is 0 Å². The molecule has 10 heteroatoms. The van der Waals surface area contributed by atoms with Crippen LogP contribution in [0.5, 0.6) is 0 Å². The maximum absolute atomic E-state index is 13.5. The van der Waals surface area contributed by atoms with E-state index in [1.807, 2.05) is 41.5 Å². The number of nitrogens with one attached hydrogen (secondary N) is 3. The van der Waals surface area contributed by atoms with Crippen LogP contribution in [0, 0.1) is 5.41 Å². The number of ketones is 1. The molecule has 0 aromatic carbocycles. The van der Waals surface area contributed by atoms with Gasteiger partial charge in [0.15, 0.2) is 5.78 Å². The van der Waals surface area contributed by atoms with E-state index in [2.05, 4.69) is 16.0 Å². The van der Waals surface area contributed by atoms with E-state index in [1.165, 1.54) is 11.8 Å². The maximum atomic E-state index is 13.5. The summed E-state index contributed by atoms with van der Waals surface area (Å²) in [5.41, 5.74) is -0.634. The Morgan fingerprint density at radius 3 is 2.15 bits per heavy atom. The number of nitrogens with zero attached hydrogens (tertiary/aromatic N) is 2. The first-order chi connectivity index (χ1) is 15.9. The molecule has 0 aromatic rings. The summed E-state index contributed by atoms with van der Waals surface area (Å²) in [6, 6.07) is -2.77. The van der Waals surface area contributed by atoms with Crippen LogP contribution < -0.4 is 16.0 Å². The molecule has 1 aliphatic heterocycles. The molecule has 1 rings (SSSR count). The van der Waals surface area contributed by atoms with Gasteiger partial charge in [0, 0.05) is 19.6 Å². The van der Waals surface area contributed by atoms with Crippen LogP contribution in [-0.4, -0.2) is 83.6 Å². The molecule has 0 radical (unpaired) electrons. The molecular weight excluding hydrogens is 438 g/mol. The number of carbonyl (C=O) groups is 5. The van der Waals surface area contributed by atoms with E-state index in [9.17, 15) is 24.0 Å². The van der Waals surface area contributed by atoms with Gasteiger partial charge in [-0.1, -0.05) is 34.1 Å². The SMILES string of the molecule is CCCC(NC(=O)C1CCCN1C(=O)C(NC(=O)NCC(=O)N(CC)CC)C(C)(C)C)C(C)=O. The summed E-state index contributed by atoms with van der Waals surface area (Å²) in [5, 5.41) is 8.04. The molecule has 1 heterocycles. The predicted octanol–water partition coefficient (Wildman–Crippen LogP) is 1.43. The highest BCUT2D eigenvalue weighted by atomic mass is 16.2. The Bertz CT molecular complexity index is 745. The van der Waals surface area contributed by atoms with Crippen LogP contribution in [0.2, 0.25) is 0 Å². The van der Waals surface area contributed by atoms with Gasteiger partial charge in [-0.3, -0.25) is 19.2 Å². The third-order valence-corrected chi connectivity index (χ3v) is 6.13. The van der Waals surface area contributed by atoms with Gasteiger partial charge in [0.25, 0.3) is 0 Å². The zero-order valence-electron chi connectivity index (χ0n) is 21.8. The van der Waals surface area contributed by atoms with Crippen LogP contribution in [0.3, 0.4) is 0 Å². The number of Topliss-reactive ketones (excluding diaryl/α,β-unsaturated/α-hetero) is 1. The lowest BCUT2D eigenvalue weighted by atomic mass is 9.85. The molecular formula is C24H43N5O5. The van der Waals surface area contributed by atoms with E-state index in [1.54, 1.807) is 4.90 Å². The van der Waals surface area contributed by atoms with Gasteiger partial charge < -0.3 is 25.8 Å². The Balaban J connectivity index is 2.90. The summed E-state index contributed by atoms with van der Waals surface area (Å²) < 4.78 is 0. The van der Waals surface area contributed by atoms with Gasteiger partial charge in [0.1, 0.15) is 12.1 Å². The van der Waals surface area contributed by atoms with Crippen molar-refractivity contribution in [3.63, 3.8) is 0 Å². The number of amides is 5. The second-order valence-corrected chi connectivity index (χ2v) is 9.84. The first-order valence-corrected chi connectivity index (χ1v) is 12.3. The lowest BCUT2D eigenvalue weighted by molar-refractivity contribution is -0.142. The van der Waals surface area contributed by atoms with Crippen molar-refractivity contribution < 1.29 is 24.0 Å². The fourth-order valence-electron chi connectivity index (χ4n) is 4.08. The van der Waals surface area contributed by atoms with E-state index in [0.717, 1.165) is 6.42 Å². The van der Waals surface area contributed by atoms with Gasteiger partial charge in [-0.05, 0) is 45.4 Å². The molecule has 0 aliphatic carbocycles. The highest BCUT2D eigenvalue weighted by Crippen LogP contribution is 2.26. The Labute approximate surface area is 203 Å².